The number of aromatic amines is 1. The number of halogens is 2. The van der Waals surface area contributed by atoms with E-state index >= 15 is 0 Å². The molecule has 0 saturated heterocycles. The van der Waals surface area contributed by atoms with Crippen LogP contribution in [-0.4, -0.2) is 24.1 Å². The van der Waals surface area contributed by atoms with Gasteiger partial charge < -0.3 is 15.5 Å². The Morgan fingerprint density at radius 1 is 1.56 bits per heavy atom. The standard InChI is InChI=1S/C12H13ClN2O2.ClH/c1-17-12(16)9(14)5-7-6-15-10-4-2-3-8(13)11(7)10;/h2-4,6,9,15H,5,14H2,1H3;1H. The highest BCUT2D eigenvalue weighted by Gasteiger charge is 2.17. The molecule has 1 unspecified atom stereocenters. The lowest BCUT2D eigenvalue weighted by molar-refractivity contribution is -0.142. The SMILES string of the molecule is COC(=O)C(N)Cc1c[nH]c2cccc(Cl)c12.Cl. The van der Waals surface area contributed by atoms with Gasteiger partial charge in [-0.25, -0.2) is 0 Å². The molecule has 0 aliphatic rings. The van der Waals surface area contributed by atoms with Gasteiger partial charge in [0.15, 0.2) is 0 Å². The minimum absolute atomic E-state index is 0. The van der Waals surface area contributed by atoms with Crippen LogP contribution >= 0.6 is 24.0 Å². The van der Waals surface area contributed by atoms with Crippen LogP contribution in [0.2, 0.25) is 5.02 Å². The van der Waals surface area contributed by atoms with Crippen LogP contribution in [0.25, 0.3) is 10.9 Å². The summed E-state index contributed by atoms with van der Waals surface area (Å²) in [6.07, 6.45) is 2.22. The topological polar surface area (TPSA) is 68.1 Å². The second-order valence-corrected chi connectivity index (χ2v) is 4.22. The Kier molecular flexibility index (Phi) is 5.02. The fraction of sp³-hybridized carbons (Fsp3) is 0.250. The zero-order chi connectivity index (χ0) is 12.4. The van der Waals surface area contributed by atoms with Gasteiger partial charge in [0.05, 0.1) is 12.1 Å². The molecular formula is C12H14Cl2N2O2. The molecule has 18 heavy (non-hydrogen) atoms. The smallest absolute Gasteiger partial charge is 0.322 e. The van der Waals surface area contributed by atoms with Crippen LogP contribution in [0, 0.1) is 0 Å². The van der Waals surface area contributed by atoms with Gasteiger partial charge >= 0.3 is 5.97 Å². The first kappa shape index (κ1) is 14.8. The quantitative estimate of drug-likeness (QED) is 0.852. The number of carbonyl (C=O) groups is 1. The average molecular weight is 289 g/mol. The lowest BCUT2D eigenvalue weighted by atomic mass is 10.1. The number of aromatic nitrogens is 1. The molecule has 0 aliphatic carbocycles. The summed E-state index contributed by atoms with van der Waals surface area (Å²) < 4.78 is 4.60. The Hall–Kier alpha value is -1.23. The Morgan fingerprint density at radius 2 is 2.28 bits per heavy atom. The molecule has 0 aliphatic heterocycles. The summed E-state index contributed by atoms with van der Waals surface area (Å²) in [7, 11) is 1.32. The van der Waals surface area contributed by atoms with Crippen molar-refractivity contribution in [3.8, 4) is 0 Å². The normalized spacial score (nSPS) is 11.9. The summed E-state index contributed by atoms with van der Waals surface area (Å²) in [5.74, 6) is -0.425. The van der Waals surface area contributed by atoms with E-state index in [-0.39, 0.29) is 12.4 Å². The molecule has 0 saturated carbocycles. The van der Waals surface area contributed by atoms with Gasteiger partial charge in [-0.15, -0.1) is 12.4 Å². The van der Waals surface area contributed by atoms with Gasteiger partial charge in [0.1, 0.15) is 6.04 Å². The molecule has 1 heterocycles. The van der Waals surface area contributed by atoms with Crippen LogP contribution in [0.1, 0.15) is 5.56 Å². The van der Waals surface area contributed by atoms with Gasteiger partial charge in [-0.2, -0.15) is 0 Å². The third-order valence-corrected chi connectivity index (χ3v) is 3.00. The van der Waals surface area contributed by atoms with E-state index in [9.17, 15) is 4.79 Å². The molecule has 98 valence electrons. The maximum atomic E-state index is 11.3. The van der Waals surface area contributed by atoms with E-state index in [1.54, 1.807) is 0 Å². The molecule has 0 bridgehead atoms. The molecule has 2 rings (SSSR count). The Morgan fingerprint density at radius 3 is 2.94 bits per heavy atom. The van der Waals surface area contributed by atoms with E-state index in [0.717, 1.165) is 16.5 Å². The molecule has 6 heteroatoms. The number of fused-ring (bicyclic) bond motifs is 1. The highest BCUT2D eigenvalue weighted by Crippen LogP contribution is 2.27. The summed E-state index contributed by atoms with van der Waals surface area (Å²) in [5, 5.41) is 1.56. The second kappa shape index (κ2) is 6.09. The number of nitrogens with two attached hydrogens (primary N) is 1. The lowest BCUT2D eigenvalue weighted by Gasteiger charge is -2.08. The average Bonchev–Trinajstić information content (AvgIpc) is 2.72. The van der Waals surface area contributed by atoms with Gasteiger partial charge in [-0.1, -0.05) is 17.7 Å². The maximum Gasteiger partial charge on any atom is 0.322 e. The Balaban J connectivity index is 0.00000162. The second-order valence-electron chi connectivity index (χ2n) is 3.81. The predicted molar refractivity (Wildman–Crippen MR) is 74.3 cm³/mol. The van der Waals surface area contributed by atoms with Crippen LogP contribution in [0.5, 0.6) is 0 Å². The van der Waals surface area contributed by atoms with Crippen molar-refractivity contribution in [3.63, 3.8) is 0 Å². The van der Waals surface area contributed by atoms with E-state index in [4.69, 9.17) is 17.3 Å². The van der Waals surface area contributed by atoms with Gasteiger partial charge in [0.25, 0.3) is 0 Å². The van der Waals surface area contributed by atoms with Crippen LogP contribution < -0.4 is 5.73 Å². The predicted octanol–water partition coefficient (Wildman–Crippen LogP) is 2.29. The molecule has 1 aromatic heterocycles. The number of ether oxygens (including phenoxy) is 1. The van der Waals surface area contributed by atoms with Gasteiger partial charge in [0, 0.05) is 23.5 Å². The summed E-state index contributed by atoms with van der Waals surface area (Å²) >= 11 is 6.12. The fourth-order valence-electron chi connectivity index (χ4n) is 1.84. The van der Waals surface area contributed by atoms with Crippen molar-refractivity contribution in [2.24, 2.45) is 5.73 Å². The van der Waals surface area contributed by atoms with E-state index in [1.165, 1.54) is 7.11 Å². The molecule has 0 amide bonds. The molecule has 0 fully saturated rings. The first-order chi connectivity index (χ1) is 8.13. The van der Waals surface area contributed by atoms with Crippen molar-refractivity contribution in [2.45, 2.75) is 12.5 Å². The molecule has 2 aromatic rings. The first-order valence-electron chi connectivity index (χ1n) is 5.21. The molecule has 1 atom stereocenters. The number of rotatable bonds is 3. The molecule has 1 aromatic carbocycles. The summed E-state index contributed by atoms with van der Waals surface area (Å²) in [4.78, 5) is 14.4. The summed E-state index contributed by atoms with van der Waals surface area (Å²) in [6.45, 7) is 0. The Labute approximate surface area is 116 Å². The third kappa shape index (κ3) is 2.77. The van der Waals surface area contributed by atoms with Crippen molar-refractivity contribution in [1.82, 2.24) is 4.98 Å². The number of methoxy groups -OCH3 is 1. The monoisotopic (exact) mass is 288 g/mol. The van der Waals surface area contributed by atoms with Gasteiger partial charge in [0.2, 0.25) is 0 Å². The van der Waals surface area contributed by atoms with Crippen LogP contribution in [0.15, 0.2) is 24.4 Å². The summed E-state index contributed by atoms with van der Waals surface area (Å²) in [6, 6.07) is 4.93. The van der Waals surface area contributed by atoms with Crippen molar-refractivity contribution in [3.05, 3.63) is 35.0 Å². The zero-order valence-electron chi connectivity index (χ0n) is 9.77. The highest BCUT2D eigenvalue weighted by atomic mass is 35.5. The van der Waals surface area contributed by atoms with E-state index in [0.29, 0.717) is 11.4 Å². The van der Waals surface area contributed by atoms with E-state index < -0.39 is 12.0 Å². The lowest BCUT2D eigenvalue weighted by Crippen LogP contribution is -2.33. The number of esters is 1. The van der Waals surface area contributed by atoms with E-state index in [1.807, 2.05) is 24.4 Å². The minimum Gasteiger partial charge on any atom is -0.468 e. The molecule has 0 spiro atoms. The minimum atomic E-state index is -0.671. The molecule has 3 N–H and O–H groups in total. The molecular weight excluding hydrogens is 275 g/mol. The van der Waals surface area contributed by atoms with Crippen molar-refractivity contribution < 1.29 is 9.53 Å². The number of benzene rings is 1. The number of hydrogen-bond acceptors (Lipinski definition) is 3. The number of carbonyl (C=O) groups excluding carboxylic acids is 1. The van der Waals surface area contributed by atoms with Gasteiger partial charge in [-0.3, -0.25) is 4.79 Å². The number of hydrogen-bond donors (Lipinski definition) is 2. The van der Waals surface area contributed by atoms with Crippen LogP contribution in [-0.2, 0) is 16.0 Å². The highest BCUT2D eigenvalue weighted by molar-refractivity contribution is 6.35. The first-order valence-corrected chi connectivity index (χ1v) is 5.59. The number of nitrogens with one attached hydrogen (secondary N) is 1. The molecule has 4 nitrogen and oxygen atoms in total. The van der Waals surface area contributed by atoms with Crippen molar-refractivity contribution >= 4 is 40.9 Å². The van der Waals surface area contributed by atoms with E-state index in [2.05, 4.69) is 9.72 Å². The van der Waals surface area contributed by atoms with Crippen molar-refractivity contribution in [1.29, 1.82) is 0 Å². The fourth-order valence-corrected chi connectivity index (χ4v) is 2.14. The number of H-pyrrole nitrogens is 1. The maximum absolute atomic E-state index is 11.3. The summed E-state index contributed by atoms with van der Waals surface area (Å²) in [5.41, 5.74) is 7.58. The van der Waals surface area contributed by atoms with Crippen LogP contribution in [0.4, 0.5) is 0 Å². The largest absolute Gasteiger partial charge is 0.468 e. The van der Waals surface area contributed by atoms with Crippen molar-refractivity contribution in [2.75, 3.05) is 7.11 Å². The molecule has 0 radical (unpaired) electrons. The Bertz CT molecular complexity index is 554. The third-order valence-electron chi connectivity index (χ3n) is 2.68. The van der Waals surface area contributed by atoms with Crippen LogP contribution in [0.3, 0.4) is 0 Å². The van der Waals surface area contributed by atoms with Gasteiger partial charge in [-0.05, 0) is 17.7 Å². The zero-order valence-corrected chi connectivity index (χ0v) is 11.3.